The Bertz CT molecular complexity index is 959. The second-order valence-corrected chi connectivity index (χ2v) is 7.82. The second-order valence-electron chi connectivity index (χ2n) is 5.88. The van der Waals surface area contributed by atoms with Crippen molar-refractivity contribution in [2.24, 2.45) is 0 Å². The number of methoxy groups -OCH3 is 1. The average molecular weight is 409 g/mol. The summed E-state index contributed by atoms with van der Waals surface area (Å²) >= 11 is 0. The third-order valence-electron chi connectivity index (χ3n) is 4.07. The van der Waals surface area contributed by atoms with Crippen LogP contribution in [0.2, 0.25) is 0 Å². The van der Waals surface area contributed by atoms with Crippen molar-refractivity contribution in [1.29, 1.82) is 0 Å². The van der Waals surface area contributed by atoms with Gasteiger partial charge in [0.15, 0.2) is 0 Å². The molecule has 1 aromatic carbocycles. The molecular weight excluding hydrogens is 390 g/mol. The maximum atomic E-state index is 12.7. The van der Waals surface area contributed by atoms with Crippen molar-refractivity contribution in [3.63, 3.8) is 0 Å². The zero-order chi connectivity index (χ0) is 20.1. The Morgan fingerprint density at radius 2 is 1.86 bits per heavy atom. The van der Waals surface area contributed by atoms with E-state index in [0.717, 1.165) is 0 Å². The average Bonchev–Trinajstić information content (AvgIpc) is 3.21. The van der Waals surface area contributed by atoms with Crippen molar-refractivity contribution in [2.45, 2.75) is 11.5 Å². The normalized spacial score (nSPS) is 15.2. The van der Waals surface area contributed by atoms with Gasteiger partial charge in [-0.25, -0.2) is 18.0 Å². The van der Waals surface area contributed by atoms with Crippen LogP contribution >= 0.6 is 0 Å². The Balaban J connectivity index is 1.68. The maximum absolute atomic E-state index is 12.7. The first-order valence-corrected chi connectivity index (χ1v) is 9.88. The molecule has 1 fully saturated rings. The van der Waals surface area contributed by atoms with Crippen molar-refractivity contribution in [3.8, 4) is 0 Å². The van der Waals surface area contributed by atoms with E-state index in [1.165, 1.54) is 47.8 Å². The number of benzene rings is 1. The number of sulfonamides is 1. The molecule has 1 aliphatic rings. The van der Waals surface area contributed by atoms with Crippen LogP contribution in [0, 0.1) is 0 Å². The van der Waals surface area contributed by atoms with Gasteiger partial charge in [-0.3, -0.25) is 0 Å². The summed E-state index contributed by atoms with van der Waals surface area (Å²) in [5.41, 5.74) is 0.0917. The number of furan rings is 1. The highest BCUT2D eigenvalue weighted by atomic mass is 32.2. The fourth-order valence-electron chi connectivity index (χ4n) is 2.61. The van der Waals surface area contributed by atoms with Gasteiger partial charge in [0.1, 0.15) is 12.4 Å². The summed E-state index contributed by atoms with van der Waals surface area (Å²) in [7, 11) is -2.49. The van der Waals surface area contributed by atoms with E-state index in [1.807, 2.05) is 0 Å². The van der Waals surface area contributed by atoms with E-state index in [-0.39, 0.29) is 41.7 Å². The Hall–Kier alpha value is -2.69. The molecule has 28 heavy (non-hydrogen) atoms. The Morgan fingerprint density at radius 1 is 1.11 bits per heavy atom. The SMILES string of the molecule is COC(=O)c1ccc(COC(=O)c2cccc(S(=O)(=O)N3CCOCC3)c2)o1. The van der Waals surface area contributed by atoms with Crippen LogP contribution in [0.3, 0.4) is 0 Å². The summed E-state index contributed by atoms with van der Waals surface area (Å²) in [5, 5.41) is 0. The molecule has 0 radical (unpaired) electrons. The van der Waals surface area contributed by atoms with Crippen molar-refractivity contribution < 1.29 is 36.6 Å². The molecule has 0 N–H and O–H groups in total. The minimum absolute atomic E-state index is 0.00727. The van der Waals surface area contributed by atoms with Crippen molar-refractivity contribution in [1.82, 2.24) is 4.31 Å². The molecule has 1 aliphatic heterocycles. The molecule has 2 heterocycles. The molecule has 2 aromatic rings. The van der Waals surface area contributed by atoms with Crippen LogP contribution in [0.5, 0.6) is 0 Å². The molecule has 1 aromatic heterocycles. The number of carbonyl (C=O) groups excluding carboxylic acids is 2. The van der Waals surface area contributed by atoms with Gasteiger partial charge >= 0.3 is 11.9 Å². The first-order chi connectivity index (χ1) is 13.4. The van der Waals surface area contributed by atoms with Gasteiger partial charge in [-0.15, -0.1) is 0 Å². The number of rotatable bonds is 6. The number of hydrogen-bond acceptors (Lipinski definition) is 8. The molecule has 9 nitrogen and oxygen atoms in total. The maximum Gasteiger partial charge on any atom is 0.373 e. The highest BCUT2D eigenvalue weighted by molar-refractivity contribution is 7.89. The zero-order valence-electron chi connectivity index (χ0n) is 15.1. The van der Waals surface area contributed by atoms with Crippen molar-refractivity contribution in [3.05, 3.63) is 53.5 Å². The van der Waals surface area contributed by atoms with E-state index >= 15 is 0 Å². The number of nitrogens with zero attached hydrogens (tertiary/aromatic N) is 1. The minimum atomic E-state index is -3.72. The molecule has 0 unspecified atom stereocenters. The molecule has 0 saturated carbocycles. The molecule has 10 heteroatoms. The lowest BCUT2D eigenvalue weighted by Gasteiger charge is -2.26. The van der Waals surface area contributed by atoms with Gasteiger partial charge in [-0.05, 0) is 30.3 Å². The van der Waals surface area contributed by atoms with Gasteiger partial charge < -0.3 is 18.6 Å². The van der Waals surface area contributed by atoms with Gasteiger partial charge in [0.25, 0.3) is 0 Å². The molecule has 3 rings (SSSR count). The fourth-order valence-corrected chi connectivity index (χ4v) is 4.06. The molecule has 150 valence electrons. The third-order valence-corrected chi connectivity index (χ3v) is 5.97. The first-order valence-electron chi connectivity index (χ1n) is 8.44. The van der Waals surface area contributed by atoms with E-state index in [2.05, 4.69) is 4.74 Å². The lowest BCUT2D eigenvalue weighted by Crippen LogP contribution is -2.40. The molecule has 0 atom stereocenters. The van der Waals surface area contributed by atoms with Crippen LogP contribution in [0.25, 0.3) is 0 Å². The number of hydrogen-bond donors (Lipinski definition) is 0. The summed E-state index contributed by atoms with van der Waals surface area (Å²) in [6.07, 6.45) is 0. The molecular formula is C18H19NO8S. The van der Waals surface area contributed by atoms with E-state index in [0.29, 0.717) is 13.2 Å². The number of morpholine rings is 1. The minimum Gasteiger partial charge on any atom is -0.463 e. The van der Waals surface area contributed by atoms with Crippen LogP contribution < -0.4 is 0 Å². The van der Waals surface area contributed by atoms with E-state index in [4.69, 9.17) is 13.9 Å². The van der Waals surface area contributed by atoms with Crippen molar-refractivity contribution in [2.75, 3.05) is 33.4 Å². The predicted molar refractivity (Wildman–Crippen MR) is 95.2 cm³/mol. The lowest BCUT2D eigenvalue weighted by atomic mass is 10.2. The highest BCUT2D eigenvalue weighted by Crippen LogP contribution is 2.19. The molecule has 1 saturated heterocycles. The van der Waals surface area contributed by atoms with Gasteiger partial charge in [-0.1, -0.05) is 6.07 Å². The number of esters is 2. The first kappa shape index (κ1) is 20.1. The topological polar surface area (TPSA) is 112 Å². The summed E-state index contributed by atoms with van der Waals surface area (Å²) in [6.45, 7) is 0.974. The molecule has 0 aliphatic carbocycles. The fraction of sp³-hybridized carbons (Fsp3) is 0.333. The lowest BCUT2D eigenvalue weighted by molar-refractivity contribution is 0.0438. The van der Waals surface area contributed by atoms with Crippen LogP contribution in [0.15, 0.2) is 45.7 Å². The standard InChI is InChI=1S/C18H19NO8S/c1-24-18(21)16-6-5-14(27-16)12-26-17(20)13-3-2-4-15(11-13)28(22,23)19-7-9-25-10-8-19/h2-6,11H,7-10,12H2,1H3. The number of ether oxygens (including phenoxy) is 3. The van der Waals surface area contributed by atoms with E-state index < -0.39 is 22.0 Å². The van der Waals surface area contributed by atoms with Crippen molar-refractivity contribution >= 4 is 22.0 Å². The molecule has 0 bridgehead atoms. The second kappa shape index (κ2) is 8.55. The Kier molecular flexibility index (Phi) is 6.12. The van der Waals surface area contributed by atoms with Crippen LogP contribution in [0.1, 0.15) is 26.7 Å². The molecule has 0 amide bonds. The van der Waals surface area contributed by atoms with Gasteiger partial charge in [0.2, 0.25) is 15.8 Å². The third kappa shape index (κ3) is 4.41. The Morgan fingerprint density at radius 3 is 2.57 bits per heavy atom. The van der Waals surface area contributed by atoms with Gasteiger partial charge in [0, 0.05) is 13.1 Å². The summed E-state index contributed by atoms with van der Waals surface area (Å²) < 4.78 is 46.8. The van der Waals surface area contributed by atoms with E-state index in [9.17, 15) is 18.0 Å². The monoisotopic (exact) mass is 409 g/mol. The van der Waals surface area contributed by atoms with Crippen LogP contribution in [-0.4, -0.2) is 58.1 Å². The van der Waals surface area contributed by atoms with E-state index in [1.54, 1.807) is 0 Å². The highest BCUT2D eigenvalue weighted by Gasteiger charge is 2.27. The summed E-state index contributed by atoms with van der Waals surface area (Å²) in [5.74, 6) is -1.10. The van der Waals surface area contributed by atoms with Crippen LogP contribution in [-0.2, 0) is 30.8 Å². The van der Waals surface area contributed by atoms with Gasteiger partial charge in [0.05, 0.1) is 30.8 Å². The predicted octanol–water partition coefficient (Wildman–Crippen LogP) is 1.44. The summed E-state index contributed by atoms with van der Waals surface area (Å²) in [4.78, 5) is 23.7. The Labute approximate surface area is 161 Å². The van der Waals surface area contributed by atoms with Gasteiger partial charge in [-0.2, -0.15) is 4.31 Å². The summed E-state index contributed by atoms with van der Waals surface area (Å²) in [6, 6.07) is 8.53. The zero-order valence-corrected chi connectivity index (χ0v) is 15.9. The van der Waals surface area contributed by atoms with Crippen LogP contribution in [0.4, 0.5) is 0 Å². The number of carbonyl (C=O) groups is 2. The largest absolute Gasteiger partial charge is 0.463 e. The molecule has 0 spiro atoms. The quantitative estimate of drug-likeness (QED) is 0.659. The smallest absolute Gasteiger partial charge is 0.373 e.